The quantitative estimate of drug-likeness (QED) is 0.723. The zero-order valence-electron chi connectivity index (χ0n) is 14.4. The summed E-state index contributed by atoms with van der Waals surface area (Å²) >= 11 is 0. The van der Waals surface area contributed by atoms with E-state index in [-0.39, 0.29) is 5.91 Å². The second kappa shape index (κ2) is 8.09. The fourth-order valence-corrected chi connectivity index (χ4v) is 3.07. The van der Waals surface area contributed by atoms with Crippen LogP contribution < -0.4 is 0 Å². The van der Waals surface area contributed by atoms with Gasteiger partial charge < -0.3 is 14.0 Å². The van der Waals surface area contributed by atoms with Crippen molar-refractivity contribution < 1.29 is 9.53 Å². The highest BCUT2D eigenvalue weighted by Crippen LogP contribution is 2.18. The van der Waals surface area contributed by atoms with Gasteiger partial charge in [-0.3, -0.25) is 9.69 Å². The van der Waals surface area contributed by atoms with Gasteiger partial charge in [0.15, 0.2) is 5.69 Å². The maximum absolute atomic E-state index is 13.0. The van der Waals surface area contributed by atoms with Gasteiger partial charge >= 0.3 is 0 Å². The number of carbonyl (C=O) groups is 1. The van der Waals surface area contributed by atoms with E-state index in [4.69, 9.17) is 4.74 Å². The van der Waals surface area contributed by atoms with Crippen LogP contribution in [-0.2, 0) is 11.3 Å². The Morgan fingerprint density at radius 3 is 2.64 bits per heavy atom. The van der Waals surface area contributed by atoms with Crippen molar-refractivity contribution in [2.45, 2.75) is 6.54 Å². The van der Waals surface area contributed by atoms with Gasteiger partial charge in [0.2, 0.25) is 0 Å². The molecule has 1 fully saturated rings. The molecule has 2 aromatic rings. The van der Waals surface area contributed by atoms with Gasteiger partial charge in [-0.15, -0.1) is 13.2 Å². The fraction of sp³-hybridized carbons (Fsp3) is 0.368. The molecule has 6 nitrogen and oxygen atoms in total. The van der Waals surface area contributed by atoms with E-state index in [1.165, 1.54) is 0 Å². The van der Waals surface area contributed by atoms with Crippen LogP contribution >= 0.6 is 0 Å². The molecule has 1 saturated heterocycles. The average Bonchev–Trinajstić information content (AvgIpc) is 3.01. The van der Waals surface area contributed by atoms with Crippen molar-refractivity contribution in [2.24, 2.45) is 0 Å². The molecular formula is C19H24N4O2. The Bertz CT molecular complexity index is 752. The van der Waals surface area contributed by atoms with E-state index >= 15 is 0 Å². The lowest BCUT2D eigenvalue weighted by atomic mass is 10.2. The summed E-state index contributed by atoms with van der Waals surface area (Å²) in [6, 6.07) is 5.80. The highest BCUT2D eigenvalue weighted by Gasteiger charge is 2.26. The number of amides is 1. The summed E-state index contributed by atoms with van der Waals surface area (Å²) < 4.78 is 7.35. The Kier molecular flexibility index (Phi) is 5.63. The van der Waals surface area contributed by atoms with Crippen molar-refractivity contribution >= 4 is 11.6 Å². The topological polar surface area (TPSA) is 50.1 Å². The molecule has 0 atom stereocenters. The van der Waals surface area contributed by atoms with Crippen LogP contribution in [0.25, 0.3) is 5.65 Å². The third-order valence-electron chi connectivity index (χ3n) is 4.28. The number of rotatable bonds is 7. The summed E-state index contributed by atoms with van der Waals surface area (Å²) in [4.78, 5) is 21.6. The van der Waals surface area contributed by atoms with E-state index in [1.54, 1.807) is 0 Å². The lowest BCUT2D eigenvalue weighted by molar-refractivity contribution is 0.0298. The van der Waals surface area contributed by atoms with Crippen molar-refractivity contribution in [3.8, 4) is 0 Å². The van der Waals surface area contributed by atoms with Crippen LogP contribution in [0.4, 0.5) is 0 Å². The molecule has 3 rings (SSSR count). The molecule has 132 valence electrons. The third-order valence-corrected chi connectivity index (χ3v) is 4.28. The first-order valence-electron chi connectivity index (χ1n) is 8.51. The monoisotopic (exact) mass is 340 g/mol. The van der Waals surface area contributed by atoms with Gasteiger partial charge in [0.25, 0.3) is 5.91 Å². The van der Waals surface area contributed by atoms with Crippen molar-refractivity contribution in [1.82, 2.24) is 19.2 Å². The molecule has 0 N–H and O–H groups in total. The van der Waals surface area contributed by atoms with Gasteiger partial charge in [-0.25, -0.2) is 4.98 Å². The van der Waals surface area contributed by atoms with Gasteiger partial charge in [-0.05, 0) is 12.1 Å². The Morgan fingerprint density at radius 2 is 1.96 bits per heavy atom. The Morgan fingerprint density at radius 1 is 1.24 bits per heavy atom. The number of aromatic nitrogens is 2. The molecule has 2 aromatic heterocycles. The molecule has 0 aliphatic carbocycles. The Hall–Kier alpha value is -2.44. The molecule has 1 aliphatic heterocycles. The number of pyridine rings is 1. The van der Waals surface area contributed by atoms with Gasteiger partial charge in [0, 0.05) is 38.9 Å². The number of ether oxygens (including phenoxy) is 1. The molecule has 0 aromatic carbocycles. The standard InChI is InChI=1S/C19H24N4O2/c1-3-8-21(9-4-2)15-16-18(19(24)22-11-13-25-14-12-22)20-17-7-5-6-10-23(16)17/h3-7,10H,1-2,8-9,11-15H2. The zero-order valence-corrected chi connectivity index (χ0v) is 14.4. The van der Waals surface area contributed by atoms with Crippen LogP contribution in [0, 0.1) is 0 Å². The normalized spacial score (nSPS) is 14.8. The van der Waals surface area contributed by atoms with Crippen molar-refractivity contribution in [3.63, 3.8) is 0 Å². The van der Waals surface area contributed by atoms with E-state index in [1.807, 2.05) is 45.8 Å². The molecule has 1 amide bonds. The van der Waals surface area contributed by atoms with Crippen LogP contribution in [0.3, 0.4) is 0 Å². The largest absolute Gasteiger partial charge is 0.378 e. The number of nitrogens with zero attached hydrogens (tertiary/aromatic N) is 4. The molecule has 25 heavy (non-hydrogen) atoms. The first kappa shape index (κ1) is 17.4. The number of carbonyl (C=O) groups excluding carboxylic acids is 1. The minimum Gasteiger partial charge on any atom is -0.378 e. The molecule has 0 bridgehead atoms. The van der Waals surface area contributed by atoms with Gasteiger partial charge in [-0.1, -0.05) is 18.2 Å². The lowest BCUT2D eigenvalue weighted by Crippen LogP contribution is -2.41. The number of fused-ring (bicyclic) bond motifs is 1. The fourth-order valence-electron chi connectivity index (χ4n) is 3.07. The van der Waals surface area contributed by atoms with Crippen LogP contribution in [0.15, 0.2) is 49.7 Å². The molecule has 0 saturated carbocycles. The number of morpholine rings is 1. The van der Waals surface area contributed by atoms with E-state index in [2.05, 4.69) is 23.0 Å². The number of hydrogen-bond donors (Lipinski definition) is 0. The minimum atomic E-state index is -0.0286. The second-order valence-electron chi connectivity index (χ2n) is 6.01. The van der Waals surface area contributed by atoms with Crippen LogP contribution in [0.2, 0.25) is 0 Å². The van der Waals surface area contributed by atoms with Crippen molar-refractivity contribution in [1.29, 1.82) is 0 Å². The SMILES string of the molecule is C=CCN(CC=C)Cc1c(C(=O)N2CCOCC2)nc2ccccn12. The zero-order chi connectivity index (χ0) is 17.6. The predicted octanol–water partition coefficient (Wildman–Crippen LogP) is 1.98. The molecule has 6 heteroatoms. The molecule has 3 heterocycles. The second-order valence-corrected chi connectivity index (χ2v) is 6.01. The summed E-state index contributed by atoms with van der Waals surface area (Å²) in [6.07, 6.45) is 5.67. The number of hydrogen-bond acceptors (Lipinski definition) is 4. The van der Waals surface area contributed by atoms with E-state index in [0.717, 1.165) is 24.4 Å². The van der Waals surface area contributed by atoms with Gasteiger partial charge in [0.1, 0.15) is 5.65 Å². The highest BCUT2D eigenvalue weighted by molar-refractivity contribution is 5.94. The summed E-state index contributed by atoms with van der Waals surface area (Å²) in [7, 11) is 0. The van der Waals surface area contributed by atoms with E-state index in [0.29, 0.717) is 38.5 Å². The summed E-state index contributed by atoms with van der Waals surface area (Å²) in [5.41, 5.74) is 2.20. The molecule has 1 aliphatic rings. The van der Waals surface area contributed by atoms with E-state index < -0.39 is 0 Å². The highest BCUT2D eigenvalue weighted by atomic mass is 16.5. The van der Waals surface area contributed by atoms with Gasteiger partial charge in [0.05, 0.1) is 18.9 Å². The van der Waals surface area contributed by atoms with Crippen molar-refractivity contribution in [2.75, 3.05) is 39.4 Å². The lowest BCUT2D eigenvalue weighted by Gasteiger charge is -2.27. The summed E-state index contributed by atoms with van der Waals surface area (Å²) in [5, 5.41) is 0. The van der Waals surface area contributed by atoms with Crippen LogP contribution in [0.5, 0.6) is 0 Å². The van der Waals surface area contributed by atoms with Gasteiger partial charge in [-0.2, -0.15) is 0 Å². The number of imidazole rings is 1. The third kappa shape index (κ3) is 3.81. The summed E-state index contributed by atoms with van der Waals surface area (Å²) in [6.45, 7) is 12.0. The minimum absolute atomic E-state index is 0.0286. The maximum Gasteiger partial charge on any atom is 0.274 e. The Labute approximate surface area is 148 Å². The molecular weight excluding hydrogens is 316 g/mol. The van der Waals surface area contributed by atoms with Crippen molar-refractivity contribution in [3.05, 3.63) is 61.1 Å². The smallest absolute Gasteiger partial charge is 0.274 e. The molecule has 0 spiro atoms. The first-order valence-corrected chi connectivity index (χ1v) is 8.51. The van der Waals surface area contributed by atoms with E-state index in [9.17, 15) is 4.79 Å². The average molecular weight is 340 g/mol. The maximum atomic E-state index is 13.0. The first-order chi connectivity index (χ1) is 12.2. The predicted molar refractivity (Wildman–Crippen MR) is 97.6 cm³/mol. The van der Waals surface area contributed by atoms with Crippen LogP contribution in [-0.4, -0.2) is 64.5 Å². The Balaban J connectivity index is 1.97. The molecule has 0 radical (unpaired) electrons. The summed E-state index contributed by atoms with van der Waals surface area (Å²) in [5.74, 6) is -0.0286. The van der Waals surface area contributed by atoms with Crippen LogP contribution in [0.1, 0.15) is 16.2 Å². The molecule has 0 unspecified atom stereocenters.